The van der Waals surface area contributed by atoms with Crippen LogP contribution in [0, 0.1) is 6.92 Å². The van der Waals surface area contributed by atoms with Crippen molar-refractivity contribution in [2.75, 3.05) is 10.6 Å². The minimum Gasteiger partial charge on any atom is -0.481 e. The first kappa shape index (κ1) is 23.6. The Balaban J connectivity index is 1.94. The molecular formula is C23H20ClN3O6. The number of carboxylic acid groups (broad SMARTS) is 2. The molecule has 33 heavy (non-hydrogen) atoms. The van der Waals surface area contributed by atoms with E-state index in [0.717, 1.165) is 10.9 Å². The zero-order valence-electron chi connectivity index (χ0n) is 17.4. The highest BCUT2D eigenvalue weighted by molar-refractivity contribution is 6.34. The van der Waals surface area contributed by atoms with Crippen LogP contribution in [-0.2, 0) is 9.59 Å². The summed E-state index contributed by atoms with van der Waals surface area (Å²) in [5, 5.41) is 27.3. The van der Waals surface area contributed by atoms with Crippen LogP contribution in [0.5, 0.6) is 0 Å². The lowest BCUT2D eigenvalue weighted by atomic mass is 10.0. The Morgan fingerprint density at radius 3 is 2.21 bits per heavy atom. The smallest absolute Gasteiger partial charge is 0.326 e. The van der Waals surface area contributed by atoms with Gasteiger partial charge in [-0.05, 0) is 41.5 Å². The monoisotopic (exact) mass is 469 g/mol. The Kier molecular flexibility index (Phi) is 7.14. The van der Waals surface area contributed by atoms with Crippen LogP contribution in [-0.4, -0.2) is 40.1 Å². The number of nitrogens with one attached hydrogen (secondary N) is 3. The van der Waals surface area contributed by atoms with Gasteiger partial charge in [0.15, 0.2) is 0 Å². The summed E-state index contributed by atoms with van der Waals surface area (Å²) in [6.07, 6.45) is -0.802. The van der Waals surface area contributed by atoms with Crippen molar-refractivity contribution in [1.82, 2.24) is 5.32 Å². The molecule has 0 saturated heterocycles. The summed E-state index contributed by atoms with van der Waals surface area (Å²) < 4.78 is 0. The molecule has 0 aromatic heterocycles. The molecule has 0 fully saturated rings. The van der Waals surface area contributed by atoms with Gasteiger partial charge in [0, 0.05) is 0 Å². The lowest BCUT2D eigenvalue weighted by molar-refractivity contribution is -0.145. The molecule has 10 heteroatoms. The molecule has 0 aliphatic carbocycles. The van der Waals surface area contributed by atoms with Crippen molar-refractivity contribution in [3.05, 3.63) is 70.7 Å². The largest absolute Gasteiger partial charge is 0.481 e. The summed E-state index contributed by atoms with van der Waals surface area (Å²) in [5.41, 5.74) is 1.20. The van der Waals surface area contributed by atoms with Crippen LogP contribution < -0.4 is 16.0 Å². The molecule has 0 aliphatic heterocycles. The van der Waals surface area contributed by atoms with Crippen molar-refractivity contribution in [2.24, 2.45) is 0 Å². The number of benzene rings is 3. The van der Waals surface area contributed by atoms with Gasteiger partial charge < -0.3 is 26.2 Å². The van der Waals surface area contributed by atoms with Crippen LogP contribution in [0.1, 0.15) is 22.3 Å². The molecule has 0 bridgehead atoms. The maximum Gasteiger partial charge on any atom is 0.326 e. The van der Waals surface area contributed by atoms with Gasteiger partial charge in [-0.1, -0.05) is 48.0 Å². The Bertz CT molecular complexity index is 1240. The fraction of sp³-hybridized carbons (Fsp3) is 0.130. The normalized spacial score (nSPS) is 11.5. The van der Waals surface area contributed by atoms with Crippen molar-refractivity contribution in [3.8, 4) is 0 Å². The first-order chi connectivity index (χ1) is 15.7. The number of urea groups is 1. The number of carboxylic acids is 2. The number of hydrogen-bond donors (Lipinski definition) is 5. The van der Waals surface area contributed by atoms with E-state index < -0.39 is 36.3 Å². The molecule has 0 radical (unpaired) electrons. The fourth-order valence-corrected chi connectivity index (χ4v) is 3.47. The third-order valence-corrected chi connectivity index (χ3v) is 5.14. The van der Waals surface area contributed by atoms with Crippen LogP contribution >= 0.6 is 11.6 Å². The summed E-state index contributed by atoms with van der Waals surface area (Å²) in [4.78, 5) is 47.9. The Hall–Kier alpha value is -4.11. The predicted molar refractivity (Wildman–Crippen MR) is 124 cm³/mol. The van der Waals surface area contributed by atoms with Crippen LogP contribution in [0.15, 0.2) is 54.6 Å². The molecule has 1 atom stereocenters. The van der Waals surface area contributed by atoms with Gasteiger partial charge in [-0.25, -0.2) is 9.59 Å². The van der Waals surface area contributed by atoms with Gasteiger partial charge in [0.25, 0.3) is 5.91 Å². The average molecular weight is 470 g/mol. The molecule has 3 aromatic carbocycles. The first-order valence-electron chi connectivity index (χ1n) is 9.77. The van der Waals surface area contributed by atoms with Gasteiger partial charge in [-0.15, -0.1) is 0 Å². The molecule has 3 amide bonds. The molecule has 170 valence electrons. The van der Waals surface area contributed by atoms with Crippen LogP contribution in [0.3, 0.4) is 0 Å². The Morgan fingerprint density at radius 2 is 1.61 bits per heavy atom. The number of carbonyl (C=O) groups excluding carboxylic acids is 2. The lowest BCUT2D eigenvalue weighted by Crippen LogP contribution is -2.42. The van der Waals surface area contributed by atoms with Crippen molar-refractivity contribution >= 4 is 57.6 Å². The van der Waals surface area contributed by atoms with Gasteiger partial charge in [0.1, 0.15) is 6.04 Å². The maximum atomic E-state index is 12.9. The van der Waals surface area contributed by atoms with E-state index in [0.29, 0.717) is 16.1 Å². The summed E-state index contributed by atoms with van der Waals surface area (Å²) in [6.45, 7) is 1.77. The van der Waals surface area contributed by atoms with Crippen LogP contribution in [0.25, 0.3) is 10.8 Å². The number of aryl methyl sites for hydroxylation is 1. The highest BCUT2D eigenvalue weighted by Crippen LogP contribution is 2.27. The highest BCUT2D eigenvalue weighted by Gasteiger charge is 2.25. The second-order valence-electron chi connectivity index (χ2n) is 7.22. The fourth-order valence-electron chi connectivity index (χ4n) is 3.20. The maximum absolute atomic E-state index is 12.9. The number of fused-ring (bicyclic) bond motifs is 1. The zero-order valence-corrected chi connectivity index (χ0v) is 18.1. The number of amides is 3. The minimum atomic E-state index is -1.64. The number of aliphatic carboxylic acids is 2. The lowest BCUT2D eigenvalue weighted by Gasteiger charge is -2.17. The number of rotatable bonds is 7. The van der Waals surface area contributed by atoms with Gasteiger partial charge >= 0.3 is 18.0 Å². The van der Waals surface area contributed by atoms with E-state index in [9.17, 15) is 24.3 Å². The van der Waals surface area contributed by atoms with Crippen LogP contribution in [0.4, 0.5) is 16.2 Å². The third kappa shape index (κ3) is 5.78. The summed E-state index contributed by atoms with van der Waals surface area (Å²) in [5.74, 6) is -3.72. The SMILES string of the molecule is Cc1cccc(Cl)c1NC(=O)Nc1cc2ccccc2cc1C(=O)N[C@@H](CC(=O)O)C(=O)O. The van der Waals surface area contributed by atoms with E-state index in [1.165, 1.54) is 6.07 Å². The van der Waals surface area contributed by atoms with E-state index in [2.05, 4.69) is 16.0 Å². The Morgan fingerprint density at radius 1 is 0.939 bits per heavy atom. The first-order valence-corrected chi connectivity index (χ1v) is 10.1. The zero-order chi connectivity index (χ0) is 24.1. The predicted octanol–water partition coefficient (Wildman–Crippen LogP) is 4.10. The van der Waals surface area contributed by atoms with E-state index in [1.54, 1.807) is 55.5 Å². The molecule has 5 N–H and O–H groups in total. The quantitative estimate of drug-likeness (QED) is 0.352. The Labute approximate surface area is 193 Å². The molecule has 0 aliphatic rings. The summed E-state index contributed by atoms with van der Waals surface area (Å²) in [7, 11) is 0. The number of hydrogen-bond acceptors (Lipinski definition) is 4. The molecule has 0 heterocycles. The van der Waals surface area contributed by atoms with Gasteiger partial charge in [0.2, 0.25) is 0 Å². The van der Waals surface area contributed by atoms with Crippen molar-refractivity contribution < 1.29 is 29.4 Å². The van der Waals surface area contributed by atoms with Crippen molar-refractivity contribution in [3.63, 3.8) is 0 Å². The molecule has 0 unspecified atom stereocenters. The molecule has 9 nitrogen and oxygen atoms in total. The number of halogens is 1. The third-order valence-electron chi connectivity index (χ3n) is 4.82. The summed E-state index contributed by atoms with van der Waals surface area (Å²) in [6, 6.07) is 12.9. The molecule has 3 rings (SSSR count). The van der Waals surface area contributed by atoms with E-state index in [1.807, 2.05) is 0 Å². The molecule has 3 aromatic rings. The van der Waals surface area contributed by atoms with Gasteiger partial charge in [-0.3, -0.25) is 9.59 Å². The van der Waals surface area contributed by atoms with Gasteiger partial charge in [-0.2, -0.15) is 0 Å². The number of anilines is 2. The second kappa shape index (κ2) is 10.0. The second-order valence-corrected chi connectivity index (χ2v) is 7.63. The number of para-hydroxylation sites is 1. The van der Waals surface area contributed by atoms with E-state index in [-0.39, 0.29) is 11.3 Å². The molecule has 0 saturated carbocycles. The highest BCUT2D eigenvalue weighted by atomic mass is 35.5. The van der Waals surface area contributed by atoms with Gasteiger partial charge in [0.05, 0.1) is 28.4 Å². The molecular weight excluding hydrogens is 450 g/mol. The van der Waals surface area contributed by atoms with E-state index >= 15 is 0 Å². The topological polar surface area (TPSA) is 145 Å². The summed E-state index contributed by atoms with van der Waals surface area (Å²) >= 11 is 6.15. The van der Waals surface area contributed by atoms with Crippen molar-refractivity contribution in [1.29, 1.82) is 0 Å². The number of carbonyl (C=O) groups is 4. The average Bonchev–Trinajstić information content (AvgIpc) is 2.75. The van der Waals surface area contributed by atoms with E-state index in [4.69, 9.17) is 16.7 Å². The van der Waals surface area contributed by atoms with Crippen molar-refractivity contribution in [2.45, 2.75) is 19.4 Å². The minimum absolute atomic E-state index is 0.0311. The van der Waals surface area contributed by atoms with Crippen LogP contribution in [0.2, 0.25) is 5.02 Å². The standard InChI is InChI=1S/C23H20ClN3O6/c1-12-5-4-8-16(24)20(12)27-23(33)26-17-10-14-7-3-2-6-13(14)9-15(17)21(30)25-18(22(31)32)11-19(28)29/h2-10,18H,11H2,1H3,(H,25,30)(H,28,29)(H,31,32)(H2,26,27,33)/t18-/m0/s1. The molecule has 0 spiro atoms.